The van der Waals surface area contributed by atoms with Crippen molar-refractivity contribution in [2.75, 3.05) is 11.2 Å². The van der Waals surface area contributed by atoms with E-state index in [2.05, 4.69) is 15.6 Å². The summed E-state index contributed by atoms with van der Waals surface area (Å²) in [4.78, 5) is 4.36. The van der Waals surface area contributed by atoms with Crippen molar-refractivity contribution in [2.45, 2.75) is 11.4 Å². The van der Waals surface area contributed by atoms with Crippen LogP contribution < -0.4 is 10.6 Å². The molecule has 7 heteroatoms. The fourth-order valence-electron chi connectivity index (χ4n) is 2.54. The van der Waals surface area contributed by atoms with Gasteiger partial charge < -0.3 is 10.6 Å². The predicted octanol–water partition coefficient (Wildman–Crippen LogP) is 4.02. The number of anilines is 1. The Morgan fingerprint density at radius 1 is 0.897 bits per heavy atom. The molecule has 148 valence electrons. The molecular weight excluding hydrogens is 402 g/mol. The van der Waals surface area contributed by atoms with E-state index in [1.165, 1.54) is 0 Å². The van der Waals surface area contributed by atoms with E-state index in [0.717, 1.165) is 16.8 Å². The standard InChI is InChI=1S/C22H21N3O2S2/c26-29(27,21-9-5-2-6-10-21)17-23-15-18-11-13-19(14-12-18)16-24-22(28)25-20-7-3-1-4-8-20/h1-15H,16-17H2,(H2,24,25,28)/b23-15+. The molecule has 0 aliphatic heterocycles. The molecule has 0 unspecified atom stereocenters. The number of benzene rings is 3. The second-order valence-corrected chi connectivity index (χ2v) is 8.65. The summed E-state index contributed by atoms with van der Waals surface area (Å²) < 4.78 is 24.4. The summed E-state index contributed by atoms with van der Waals surface area (Å²) >= 11 is 5.29. The number of para-hydroxylation sites is 1. The molecule has 3 aromatic rings. The van der Waals surface area contributed by atoms with Crippen LogP contribution in [0.2, 0.25) is 0 Å². The molecular formula is C22H21N3O2S2. The molecule has 3 rings (SSSR count). The van der Waals surface area contributed by atoms with Gasteiger partial charge in [-0.1, -0.05) is 60.7 Å². The average Bonchev–Trinajstić information content (AvgIpc) is 2.74. The topological polar surface area (TPSA) is 70.6 Å². The van der Waals surface area contributed by atoms with Gasteiger partial charge in [0, 0.05) is 18.4 Å². The van der Waals surface area contributed by atoms with Gasteiger partial charge in [0.25, 0.3) is 0 Å². The highest BCUT2D eigenvalue weighted by molar-refractivity contribution is 7.91. The fraction of sp³-hybridized carbons (Fsp3) is 0.0909. The maximum Gasteiger partial charge on any atom is 0.198 e. The zero-order valence-corrected chi connectivity index (χ0v) is 17.3. The summed E-state index contributed by atoms with van der Waals surface area (Å²) in [6, 6.07) is 25.7. The van der Waals surface area contributed by atoms with E-state index in [4.69, 9.17) is 12.2 Å². The van der Waals surface area contributed by atoms with E-state index < -0.39 is 9.84 Å². The summed E-state index contributed by atoms with van der Waals surface area (Å²) in [5.74, 6) is -0.278. The van der Waals surface area contributed by atoms with Crippen molar-refractivity contribution >= 4 is 39.1 Å². The molecule has 0 saturated carbocycles. The van der Waals surface area contributed by atoms with Crippen LogP contribution in [0, 0.1) is 0 Å². The Labute approximate surface area is 176 Å². The summed E-state index contributed by atoms with van der Waals surface area (Å²) in [5.41, 5.74) is 2.82. The van der Waals surface area contributed by atoms with Gasteiger partial charge in [-0.3, -0.25) is 4.99 Å². The molecule has 0 aromatic heterocycles. The summed E-state index contributed by atoms with van der Waals surface area (Å²) in [7, 11) is -3.41. The van der Waals surface area contributed by atoms with E-state index in [-0.39, 0.29) is 10.8 Å². The van der Waals surface area contributed by atoms with Crippen molar-refractivity contribution in [1.29, 1.82) is 0 Å². The highest BCUT2D eigenvalue weighted by Crippen LogP contribution is 2.10. The molecule has 2 N–H and O–H groups in total. The summed E-state index contributed by atoms with van der Waals surface area (Å²) in [6.07, 6.45) is 1.57. The van der Waals surface area contributed by atoms with Crippen molar-refractivity contribution in [2.24, 2.45) is 4.99 Å². The molecule has 0 amide bonds. The molecule has 29 heavy (non-hydrogen) atoms. The zero-order chi connectivity index (χ0) is 20.5. The molecule has 3 aromatic carbocycles. The summed E-state index contributed by atoms with van der Waals surface area (Å²) in [6.45, 7) is 0.582. The third kappa shape index (κ3) is 6.51. The lowest BCUT2D eigenvalue weighted by atomic mass is 10.1. The third-order valence-electron chi connectivity index (χ3n) is 4.05. The number of nitrogens with zero attached hydrogens (tertiary/aromatic N) is 1. The minimum absolute atomic E-state index is 0.277. The van der Waals surface area contributed by atoms with Gasteiger partial charge in [-0.15, -0.1) is 0 Å². The molecule has 0 spiro atoms. The van der Waals surface area contributed by atoms with Gasteiger partial charge in [0.05, 0.1) is 4.90 Å². The Kier molecular flexibility index (Phi) is 7.10. The first-order valence-corrected chi connectivity index (χ1v) is 11.1. The van der Waals surface area contributed by atoms with Crippen LogP contribution in [0.15, 0.2) is 94.8 Å². The number of sulfone groups is 1. The molecule has 0 saturated heterocycles. The van der Waals surface area contributed by atoms with Crippen molar-refractivity contribution in [1.82, 2.24) is 5.32 Å². The second-order valence-electron chi connectivity index (χ2n) is 6.28. The molecule has 0 radical (unpaired) electrons. The maximum absolute atomic E-state index is 12.2. The number of hydrogen-bond acceptors (Lipinski definition) is 4. The van der Waals surface area contributed by atoms with Crippen LogP contribution >= 0.6 is 12.2 Å². The molecule has 0 aliphatic carbocycles. The summed E-state index contributed by atoms with van der Waals surface area (Å²) in [5, 5.41) is 6.83. The number of nitrogens with one attached hydrogen (secondary N) is 2. The van der Waals surface area contributed by atoms with Gasteiger partial charge in [-0.2, -0.15) is 0 Å². The van der Waals surface area contributed by atoms with Crippen LogP contribution in [0.4, 0.5) is 5.69 Å². The van der Waals surface area contributed by atoms with Crippen LogP contribution in [0.1, 0.15) is 11.1 Å². The highest BCUT2D eigenvalue weighted by Gasteiger charge is 2.11. The third-order valence-corrected chi connectivity index (χ3v) is 5.78. The van der Waals surface area contributed by atoms with Gasteiger partial charge in [0.15, 0.2) is 14.9 Å². The minimum Gasteiger partial charge on any atom is -0.358 e. The number of rotatable bonds is 7. The van der Waals surface area contributed by atoms with Crippen LogP contribution in [0.25, 0.3) is 0 Å². The SMILES string of the molecule is O=S(=O)(C/N=C/c1ccc(CNC(=S)Nc2ccccc2)cc1)c1ccccc1. The number of thiocarbonyl (C=S) groups is 1. The first-order valence-electron chi connectivity index (χ1n) is 8.99. The van der Waals surface area contributed by atoms with Crippen molar-refractivity contribution in [3.05, 3.63) is 96.1 Å². The van der Waals surface area contributed by atoms with E-state index in [0.29, 0.717) is 11.7 Å². The Hall–Kier alpha value is -3.03. The van der Waals surface area contributed by atoms with E-state index in [1.54, 1.807) is 36.5 Å². The number of aliphatic imine (C=N–C) groups is 1. The molecule has 0 atom stereocenters. The van der Waals surface area contributed by atoms with Gasteiger partial charge in [-0.05, 0) is 47.6 Å². The van der Waals surface area contributed by atoms with E-state index >= 15 is 0 Å². The Morgan fingerprint density at radius 2 is 1.52 bits per heavy atom. The lowest BCUT2D eigenvalue weighted by Gasteiger charge is -2.10. The Bertz CT molecular complexity index is 1070. The molecule has 0 aliphatic rings. The maximum atomic E-state index is 12.2. The van der Waals surface area contributed by atoms with Crippen LogP contribution in [-0.2, 0) is 16.4 Å². The Morgan fingerprint density at radius 3 is 2.17 bits per heavy atom. The van der Waals surface area contributed by atoms with Crippen molar-refractivity contribution < 1.29 is 8.42 Å². The first kappa shape index (κ1) is 20.7. The molecule has 0 bridgehead atoms. The van der Waals surface area contributed by atoms with E-state index in [1.807, 2.05) is 54.6 Å². The quantitative estimate of drug-likeness (QED) is 0.444. The Balaban J connectivity index is 1.50. The lowest BCUT2D eigenvalue weighted by Crippen LogP contribution is -2.27. The zero-order valence-electron chi connectivity index (χ0n) is 15.7. The number of hydrogen-bond donors (Lipinski definition) is 2. The largest absolute Gasteiger partial charge is 0.358 e. The van der Waals surface area contributed by atoms with Crippen LogP contribution in [0.3, 0.4) is 0 Å². The second kappa shape index (κ2) is 9.95. The van der Waals surface area contributed by atoms with Gasteiger partial charge in [-0.25, -0.2) is 8.42 Å². The van der Waals surface area contributed by atoms with Gasteiger partial charge in [0.1, 0.15) is 5.88 Å². The van der Waals surface area contributed by atoms with Gasteiger partial charge >= 0.3 is 0 Å². The van der Waals surface area contributed by atoms with Crippen LogP contribution in [-0.4, -0.2) is 25.6 Å². The average molecular weight is 424 g/mol. The first-order chi connectivity index (χ1) is 14.0. The molecule has 5 nitrogen and oxygen atoms in total. The van der Waals surface area contributed by atoms with Crippen molar-refractivity contribution in [3.8, 4) is 0 Å². The van der Waals surface area contributed by atoms with Crippen molar-refractivity contribution in [3.63, 3.8) is 0 Å². The highest BCUT2D eigenvalue weighted by atomic mass is 32.2. The smallest absolute Gasteiger partial charge is 0.198 e. The van der Waals surface area contributed by atoms with Gasteiger partial charge in [0.2, 0.25) is 0 Å². The molecule has 0 fully saturated rings. The van der Waals surface area contributed by atoms with Crippen LogP contribution in [0.5, 0.6) is 0 Å². The predicted molar refractivity (Wildman–Crippen MR) is 122 cm³/mol. The fourth-order valence-corrected chi connectivity index (χ4v) is 3.73. The normalized spacial score (nSPS) is 11.3. The minimum atomic E-state index is -3.41. The van der Waals surface area contributed by atoms with E-state index in [9.17, 15) is 8.42 Å². The monoisotopic (exact) mass is 423 g/mol. The molecule has 0 heterocycles. The lowest BCUT2D eigenvalue weighted by molar-refractivity contribution is 0.596.